The van der Waals surface area contributed by atoms with Crippen LogP contribution in [0.2, 0.25) is 0 Å². The SMILES string of the molecule is CCCCNc1cc(Nc2ccc(N3CCN(C)CC3)cc2)ncn1. The van der Waals surface area contributed by atoms with Gasteiger partial charge >= 0.3 is 0 Å². The average Bonchev–Trinajstić information content (AvgIpc) is 2.64. The Balaban J connectivity index is 1.58. The Labute approximate surface area is 150 Å². The monoisotopic (exact) mass is 340 g/mol. The third-order valence-electron chi connectivity index (χ3n) is 4.51. The van der Waals surface area contributed by atoms with Crippen LogP contribution in [-0.4, -0.2) is 54.6 Å². The maximum Gasteiger partial charge on any atom is 0.135 e. The second kappa shape index (κ2) is 8.67. The van der Waals surface area contributed by atoms with Crippen molar-refractivity contribution in [3.8, 4) is 0 Å². The van der Waals surface area contributed by atoms with Gasteiger partial charge in [-0.15, -0.1) is 0 Å². The van der Waals surface area contributed by atoms with Crippen LogP contribution in [0.25, 0.3) is 0 Å². The van der Waals surface area contributed by atoms with Gasteiger partial charge in [0.2, 0.25) is 0 Å². The van der Waals surface area contributed by atoms with Crippen LogP contribution in [0.1, 0.15) is 19.8 Å². The molecular weight excluding hydrogens is 312 g/mol. The van der Waals surface area contributed by atoms with Gasteiger partial charge in [-0.3, -0.25) is 0 Å². The minimum absolute atomic E-state index is 0.807. The molecule has 6 nitrogen and oxygen atoms in total. The van der Waals surface area contributed by atoms with Crippen molar-refractivity contribution in [2.75, 3.05) is 55.3 Å². The summed E-state index contributed by atoms with van der Waals surface area (Å²) < 4.78 is 0. The van der Waals surface area contributed by atoms with E-state index in [1.165, 1.54) is 12.1 Å². The van der Waals surface area contributed by atoms with E-state index in [1.807, 2.05) is 6.07 Å². The van der Waals surface area contributed by atoms with E-state index in [4.69, 9.17) is 0 Å². The van der Waals surface area contributed by atoms with Gasteiger partial charge < -0.3 is 20.4 Å². The number of nitrogens with one attached hydrogen (secondary N) is 2. The first-order chi connectivity index (χ1) is 12.2. The standard InChI is InChI=1S/C19H28N6/c1-3-4-9-20-18-14-19(22-15-21-18)23-16-5-7-17(8-6-16)25-12-10-24(2)11-13-25/h5-8,14-15H,3-4,9-13H2,1-2H3,(H2,20,21,22,23). The molecule has 0 atom stereocenters. The maximum atomic E-state index is 4.31. The van der Waals surface area contributed by atoms with Gasteiger partial charge in [-0.2, -0.15) is 0 Å². The molecule has 0 radical (unpaired) electrons. The number of rotatable bonds is 7. The van der Waals surface area contributed by atoms with E-state index in [1.54, 1.807) is 6.33 Å². The summed E-state index contributed by atoms with van der Waals surface area (Å²) in [5, 5.41) is 6.68. The highest BCUT2D eigenvalue weighted by Crippen LogP contribution is 2.22. The molecule has 2 heterocycles. The minimum atomic E-state index is 0.807. The normalized spacial score (nSPS) is 15.2. The van der Waals surface area contributed by atoms with Crippen molar-refractivity contribution in [3.63, 3.8) is 0 Å². The Bertz CT molecular complexity index is 649. The van der Waals surface area contributed by atoms with Crippen molar-refractivity contribution < 1.29 is 0 Å². The van der Waals surface area contributed by atoms with Crippen LogP contribution in [0.5, 0.6) is 0 Å². The van der Waals surface area contributed by atoms with Crippen LogP contribution in [0.3, 0.4) is 0 Å². The fraction of sp³-hybridized carbons (Fsp3) is 0.474. The molecule has 0 spiro atoms. The third kappa shape index (κ3) is 5.06. The van der Waals surface area contributed by atoms with Crippen LogP contribution < -0.4 is 15.5 Å². The van der Waals surface area contributed by atoms with E-state index >= 15 is 0 Å². The van der Waals surface area contributed by atoms with Gasteiger partial charge in [-0.1, -0.05) is 13.3 Å². The van der Waals surface area contributed by atoms with Gasteiger partial charge in [0.15, 0.2) is 0 Å². The lowest BCUT2D eigenvalue weighted by Gasteiger charge is -2.34. The van der Waals surface area contributed by atoms with Crippen LogP contribution in [0.4, 0.5) is 23.0 Å². The molecule has 0 bridgehead atoms. The van der Waals surface area contributed by atoms with Crippen LogP contribution in [-0.2, 0) is 0 Å². The van der Waals surface area contributed by atoms with Crippen LogP contribution >= 0.6 is 0 Å². The van der Waals surface area contributed by atoms with Crippen LogP contribution in [0.15, 0.2) is 36.7 Å². The number of likely N-dealkylation sites (N-methyl/N-ethyl adjacent to an activating group) is 1. The molecule has 6 heteroatoms. The Kier molecular flexibility index (Phi) is 6.06. The van der Waals surface area contributed by atoms with E-state index in [9.17, 15) is 0 Å². The summed E-state index contributed by atoms with van der Waals surface area (Å²) in [5.41, 5.74) is 2.32. The first-order valence-corrected chi connectivity index (χ1v) is 9.11. The van der Waals surface area contributed by atoms with Crippen molar-refractivity contribution in [1.82, 2.24) is 14.9 Å². The lowest BCUT2D eigenvalue weighted by Crippen LogP contribution is -2.44. The smallest absolute Gasteiger partial charge is 0.135 e. The zero-order valence-electron chi connectivity index (χ0n) is 15.2. The predicted molar refractivity (Wildman–Crippen MR) is 105 cm³/mol. The topological polar surface area (TPSA) is 56.3 Å². The molecule has 1 aliphatic rings. The summed E-state index contributed by atoms with van der Waals surface area (Å²) in [6.45, 7) is 7.53. The molecule has 2 aromatic rings. The summed E-state index contributed by atoms with van der Waals surface area (Å²) in [6.07, 6.45) is 3.90. The number of nitrogens with zero attached hydrogens (tertiary/aromatic N) is 4. The van der Waals surface area contributed by atoms with Crippen molar-refractivity contribution in [2.24, 2.45) is 0 Å². The molecular formula is C19H28N6. The van der Waals surface area contributed by atoms with Gasteiger partial charge in [0.05, 0.1) is 0 Å². The second-order valence-corrected chi connectivity index (χ2v) is 6.53. The van der Waals surface area contributed by atoms with Gasteiger partial charge in [0, 0.05) is 50.2 Å². The molecule has 25 heavy (non-hydrogen) atoms. The summed E-state index contributed by atoms with van der Waals surface area (Å²) in [5.74, 6) is 1.67. The number of anilines is 4. The number of aromatic nitrogens is 2. The lowest BCUT2D eigenvalue weighted by atomic mass is 10.2. The molecule has 1 aromatic heterocycles. The molecule has 1 aliphatic heterocycles. The summed E-state index contributed by atoms with van der Waals surface area (Å²) in [6, 6.07) is 10.5. The molecule has 1 fully saturated rings. The number of benzene rings is 1. The molecule has 3 rings (SSSR count). The first kappa shape index (κ1) is 17.5. The number of piperazine rings is 1. The first-order valence-electron chi connectivity index (χ1n) is 9.11. The van der Waals surface area contributed by atoms with E-state index in [-0.39, 0.29) is 0 Å². The van der Waals surface area contributed by atoms with E-state index in [0.29, 0.717) is 0 Å². The quantitative estimate of drug-likeness (QED) is 0.755. The Hall–Kier alpha value is -2.34. The van der Waals surface area contributed by atoms with E-state index in [2.05, 4.69) is 68.6 Å². The molecule has 0 unspecified atom stereocenters. The van der Waals surface area contributed by atoms with Crippen molar-refractivity contribution in [2.45, 2.75) is 19.8 Å². The van der Waals surface area contributed by atoms with E-state index in [0.717, 1.165) is 56.5 Å². The molecule has 0 amide bonds. The van der Waals surface area contributed by atoms with E-state index < -0.39 is 0 Å². The number of hydrogen-bond acceptors (Lipinski definition) is 6. The van der Waals surface area contributed by atoms with Crippen molar-refractivity contribution in [1.29, 1.82) is 0 Å². The van der Waals surface area contributed by atoms with Gasteiger partial charge in [-0.05, 0) is 37.7 Å². The maximum absolute atomic E-state index is 4.31. The molecule has 134 valence electrons. The molecule has 1 aromatic carbocycles. The highest BCUT2D eigenvalue weighted by molar-refractivity contribution is 5.62. The lowest BCUT2D eigenvalue weighted by molar-refractivity contribution is 0.313. The third-order valence-corrected chi connectivity index (χ3v) is 4.51. The fourth-order valence-corrected chi connectivity index (χ4v) is 2.88. The van der Waals surface area contributed by atoms with Gasteiger partial charge in [-0.25, -0.2) is 9.97 Å². The second-order valence-electron chi connectivity index (χ2n) is 6.53. The average molecular weight is 340 g/mol. The Morgan fingerprint density at radius 3 is 2.44 bits per heavy atom. The Morgan fingerprint density at radius 2 is 1.72 bits per heavy atom. The highest BCUT2D eigenvalue weighted by Gasteiger charge is 2.13. The molecule has 1 saturated heterocycles. The summed E-state index contributed by atoms with van der Waals surface area (Å²) in [7, 11) is 2.18. The van der Waals surface area contributed by atoms with Gasteiger partial charge in [0.1, 0.15) is 18.0 Å². The minimum Gasteiger partial charge on any atom is -0.370 e. The van der Waals surface area contributed by atoms with Crippen LogP contribution in [0, 0.1) is 0 Å². The summed E-state index contributed by atoms with van der Waals surface area (Å²) in [4.78, 5) is 13.4. The van der Waals surface area contributed by atoms with Crippen molar-refractivity contribution in [3.05, 3.63) is 36.7 Å². The Morgan fingerprint density at radius 1 is 1.00 bits per heavy atom. The van der Waals surface area contributed by atoms with Crippen molar-refractivity contribution >= 4 is 23.0 Å². The summed E-state index contributed by atoms with van der Waals surface area (Å²) >= 11 is 0. The van der Waals surface area contributed by atoms with Gasteiger partial charge in [0.25, 0.3) is 0 Å². The molecule has 0 saturated carbocycles. The largest absolute Gasteiger partial charge is 0.370 e. The fourth-order valence-electron chi connectivity index (χ4n) is 2.88. The zero-order valence-corrected chi connectivity index (χ0v) is 15.2. The molecule has 2 N–H and O–H groups in total. The highest BCUT2D eigenvalue weighted by atomic mass is 15.2. The zero-order chi connectivity index (χ0) is 17.5. The molecule has 0 aliphatic carbocycles. The number of unbranched alkanes of at least 4 members (excludes halogenated alkanes) is 1. The predicted octanol–water partition coefficient (Wildman–Crippen LogP) is 3.18. The number of hydrogen-bond donors (Lipinski definition) is 2.